The molecule has 0 spiro atoms. The normalized spacial score (nSPS) is 8.25. The summed E-state index contributed by atoms with van der Waals surface area (Å²) in [6.45, 7) is 0. The topological polar surface area (TPSA) is 36.1 Å². The first-order valence-corrected chi connectivity index (χ1v) is 4.34. The average molecular weight is 192 g/mol. The fraction of sp³-hybridized carbons (Fsp3) is 0. The van der Waals surface area contributed by atoms with E-state index in [1.807, 2.05) is 23.6 Å². The van der Waals surface area contributed by atoms with Gasteiger partial charge < -0.3 is 0 Å². The van der Waals surface area contributed by atoms with Gasteiger partial charge in [0.15, 0.2) is 0 Å². The predicted molar refractivity (Wildman–Crippen MR) is 52.6 cm³/mol. The van der Waals surface area contributed by atoms with Crippen molar-refractivity contribution in [3.63, 3.8) is 0 Å². The van der Waals surface area contributed by atoms with E-state index in [-0.39, 0.29) is 0 Å². The van der Waals surface area contributed by atoms with Gasteiger partial charge in [-0.2, -0.15) is 10.3 Å². The number of benzene rings is 1. The smallest absolute Gasteiger partial charge is 0.138 e. The Balaban J connectivity index is 3.09. The first-order chi connectivity index (χ1) is 5.88. The van der Waals surface area contributed by atoms with Crippen molar-refractivity contribution in [2.75, 3.05) is 0 Å². The SMILES string of the molecule is N#CSc1ccccc1N=C=S. The average Bonchev–Trinajstić information content (AvgIpc) is 2.09. The fourth-order valence-corrected chi connectivity index (χ4v) is 1.30. The van der Waals surface area contributed by atoms with E-state index in [1.165, 1.54) is 0 Å². The molecule has 0 radical (unpaired) electrons. The first-order valence-electron chi connectivity index (χ1n) is 3.11. The van der Waals surface area contributed by atoms with Gasteiger partial charge >= 0.3 is 0 Å². The van der Waals surface area contributed by atoms with E-state index in [2.05, 4.69) is 22.4 Å². The van der Waals surface area contributed by atoms with Crippen LogP contribution in [0.4, 0.5) is 5.69 Å². The van der Waals surface area contributed by atoms with Gasteiger partial charge in [-0.1, -0.05) is 12.1 Å². The van der Waals surface area contributed by atoms with E-state index in [1.54, 1.807) is 6.07 Å². The summed E-state index contributed by atoms with van der Waals surface area (Å²) in [6.07, 6.45) is 0. The standard InChI is InChI=1S/C8H4N2S2/c9-5-12-8-4-2-1-3-7(8)10-6-11/h1-4H. The third kappa shape index (κ3) is 2.18. The largest absolute Gasteiger partial charge is 0.194 e. The van der Waals surface area contributed by atoms with Crippen LogP contribution in [0.1, 0.15) is 0 Å². The lowest BCUT2D eigenvalue weighted by atomic mass is 10.3. The van der Waals surface area contributed by atoms with Crippen LogP contribution in [0.25, 0.3) is 0 Å². The number of thioether (sulfide) groups is 1. The Kier molecular flexibility index (Phi) is 3.49. The number of hydrogen-bond acceptors (Lipinski definition) is 4. The van der Waals surface area contributed by atoms with Gasteiger partial charge in [-0.15, -0.1) is 0 Å². The van der Waals surface area contributed by atoms with Crippen LogP contribution in [-0.2, 0) is 0 Å². The molecular formula is C8H4N2S2. The second kappa shape index (κ2) is 4.68. The number of isothiocyanates is 1. The first kappa shape index (κ1) is 8.95. The quantitative estimate of drug-likeness (QED) is 0.313. The number of nitriles is 1. The monoisotopic (exact) mass is 192 g/mol. The number of nitrogens with zero attached hydrogens (tertiary/aromatic N) is 2. The summed E-state index contributed by atoms with van der Waals surface area (Å²) in [5.41, 5.74) is 0.694. The fourth-order valence-electron chi connectivity index (χ4n) is 0.734. The van der Waals surface area contributed by atoms with Gasteiger partial charge in [-0.3, -0.25) is 0 Å². The van der Waals surface area contributed by atoms with Crippen molar-refractivity contribution in [3.05, 3.63) is 24.3 Å². The van der Waals surface area contributed by atoms with Gasteiger partial charge in [0, 0.05) is 4.90 Å². The highest BCUT2D eigenvalue weighted by molar-refractivity contribution is 8.03. The highest BCUT2D eigenvalue weighted by Gasteiger charge is 1.98. The lowest BCUT2D eigenvalue weighted by Gasteiger charge is -1.95. The zero-order valence-corrected chi connectivity index (χ0v) is 7.65. The van der Waals surface area contributed by atoms with Crippen molar-refractivity contribution in [2.45, 2.75) is 4.90 Å². The van der Waals surface area contributed by atoms with Gasteiger partial charge in [0.05, 0.1) is 10.8 Å². The minimum absolute atomic E-state index is 0.694. The maximum atomic E-state index is 8.44. The van der Waals surface area contributed by atoms with Crippen molar-refractivity contribution < 1.29 is 0 Å². The third-order valence-corrected chi connectivity index (χ3v) is 1.93. The van der Waals surface area contributed by atoms with Crippen molar-refractivity contribution in [2.24, 2.45) is 4.99 Å². The van der Waals surface area contributed by atoms with Gasteiger partial charge in [0.2, 0.25) is 0 Å². The molecule has 1 aromatic carbocycles. The van der Waals surface area contributed by atoms with Crippen molar-refractivity contribution in [1.82, 2.24) is 0 Å². The number of thiocyanates is 1. The molecule has 0 aliphatic carbocycles. The molecule has 4 heteroatoms. The summed E-state index contributed by atoms with van der Waals surface area (Å²) in [5, 5.41) is 12.7. The molecule has 12 heavy (non-hydrogen) atoms. The second-order valence-corrected chi connectivity index (χ2v) is 2.87. The van der Waals surface area contributed by atoms with Crippen LogP contribution in [0.2, 0.25) is 0 Å². The minimum atomic E-state index is 0.694. The van der Waals surface area contributed by atoms with Crippen LogP contribution in [0.3, 0.4) is 0 Å². The Morgan fingerprint density at radius 1 is 1.42 bits per heavy atom. The highest BCUT2D eigenvalue weighted by Crippen LogP contribution is 2.27. The molecule has 0 fully saturated rings. The summed E-state index contributed by atoms with van der Waals surface area (Å²) in [5.74, 6) is 0. The van der Waals surface area contributed by atoms with Crippen molar-refractivity contribution in [1.29, 1.82) is 5.26 Å². The highest BCUT2D eigenvalue weighted by atomic mass is 32.2. The second-order valence-electron chi connectivity index (χ2n) is 1.86. The van der Waals surface area contributed by atoms with Crippen LogP contribution >= 0.6 is 24.0 Å². The zero-order chi connectivity index (χ0) is 8.81. The molecule has 0 atom stereocenters. The van der Waals surface area contributed by atoms with E-state index >= 15 is 0 Å². The molecule has 0 bridgehead atoms. The third-order valence-electron chi connectivity index (χ3n) is 1.19. The molecule has 0 N–H and O–H groups in total. The molecule has 0 amide bonds. The molecular weight excluding hydrogens is 188 g/mol. The Morgan fingerprint density at radius 2 is 2.17 bits per heavy atom. The van der Waals surface area contributed by atoms with Crippen LogP contribution in [0.15, 0.2) is 34.2 Å². The number of rotatable bonds is 2. The minimum Gasteiger partial charge on any atom is -0.194 e. The maximum absolute atomic E-state index is 8.44. The van der Waals surface area contributed by atoms with Crippen LogP contribution in [-0.4, -0.2) is 5.16 Å². The molecule has 58 valence electrons. The summed E-state index contributed by atoms with van der Waals surface area (Å²) in [6, 6.07) is 7.30. The number of para-hydroxylation sites is 1. The predicted octanol–water partition coefficient (Wildman–Crippen LogP) is 2.99. The summed E-state index contributed by atoms with van der Waals surface area (Å²) in [7, 11) is 0. The molecule has 1 aromatic rings. The molecule has 0 aliphatic rings. The lowest BCUT2D eigenvalue weighted by Crippen LogP contribution is -1.69. The van der Waals surface area contributed by atoms with E-state index in [9.17, 15) is 0 Å². The van der Waals surface area contributed by atoms with Crippen LogP contribution < -0.4 is 0 Å². The van der Waals surface area contributed by atoms with E-state index in [4.69, 9.17) is 5.26 Å². The summed E-state index contributed by atoms with van der Waals surface area (Å²) in [4.78, 5) is 4.62. The van der Waals surface area contributed by atoms with Gasteiger partial charge in [-0.25, -0.2) is 0 Å². The van der Waals surface area contributed by atoms with Crippen LogP contribution in [0.5, 0.6) is 0 Å². The Bertz CT molecular complexity index is 362. The Hall–Kier alpha value is -1.14. The van der Waals surface area contributed by atoms with Gasteiger partial charge in [0.1, 0.15) is 5.40 Å². The van der Waals surface area contributed by atoms with E-state index < -0.39 is 0 Å². The van der Waals surface area contributed by atoms with Crippen molar-refractivity contribution in [3.8, 4) is 5.40 Å². The zero-order valence-electron chi connectivity index (χ0n) is 6.02. The Labute approximate surface area is 79.9 Å². The molecule has 0 saturated carbocycles. The van der Waals surface area contributed by atoms with Crippen LogP contribution in [0, 0.1) is 10.7 Å². The molecule has 2 nitrogen and oxygen atoms in total. The lowest BCUT2D eigenvalue weighted by molar-refractivity contribution is 1.39. The van der Waals surface area contributed by atoms with Crippen molar-refractivity contribution >= 4 is 34.8 Å². The summed E-state index contributed by atoms with van der Waals surface area (Å²) >= 11 is 5.54. The number of aliphatic imine (C=N–C) groups is 1. The van der Waals surface area contributed by atoms with Gasteiger partial charge in [-0.05, 0) is 36.1 Å². The molecule has 0 heterocycles. The maximum Gasteiger partial charge on any atom is 0.138 e. The molecule has 0 saturated heterocycles. The molecule has 1 rings (SSSR count). The molecule has 0 aliphatic heterocycles. The molecule has 0 unspecified atom stereocenters. The summed E-state index contributed by atoms with van der Waals surface area (Å²) < 4.78 is 0. The Morgan fingerprint density at radius 3 is 2.83 bits per heavy atom. The van der Waals surface area contributed by atoms with E-state index in [0.717, 1.165) is 16.7 Å². The number of hydrogen-bond donors (Lipinski definition) is 0. The van der Waals surface area contributed by atoms with E-state index in [0.29, 0.717) is 5.69 Å². The van der Waals surface area contributed by atoms with Gasteiger partial charge in [0.25, 0.3) is 0 Å². The molecule has 0 aromatic heterocycles. The number of thiocarbonyl (C=S) groups is 1.